The molecule has 0 atom stereocenters. The maximum atomic E-state index is 11.0. The van der Waals surface area contributed by atoms with Gasteiger partial charge in [-0.3, -0.25) is 4.79 Å². The fraction of sp³-hybridized carbons (Fsp3) is 0.545. The Morgan fingerprint density at radius 3 is 2.87 bits per heavy atom. The summed E-state index contributed by atoms with van der Waals surface area (Å²) in [5.74, 6) is -0.0182. The molecular formula is C11H18N2OS. The van der Waals surface area contributed by atoms with Crippen LogP contribution in [0.4, 0.5) is 10.7 Å². The fourth-order valence-corrected chi connectivity index (χ4v) is 2.27. The van der Waals surface area contributed by atoms with E-state index in [2.05, 4.69) is 29.9 Å². The second kappa shape index (κ2) is 5.75. The minimum absolute atomic E-state index is 0.0182. The molecule has 0 spiro atoms. The molecule has 0 bridgehead atoms. The van der Waals surface area contributed by atoms with E-state index >= 15 is 0 Å². The molecule has 1 amide bonds. The molecule has 1 rings (SSSR count). The van der Waals surface area contributed by atoms with Gasteiger partial charge in [0.1, 0.15) is 5.00 Å². The lowest BCUT2D eigenvalue weighted by atomic mass is 10.3. The van der Waals surface area contributed by atoms with Gasteiger partial charge < -0.3 is 10.6 Å². The molecule has 0 unspecified atom stereocenters. The minimum Gasteiger partial charge on any atom is -0.382 e. The highest BCUT2D eigenvalue weighted by atomic mass is 32.1. The summed E-state index contributed by atoms with van der Waals surface area (Å²) in [4.78, 5) is 11.0. The molecular weight excluding hydrogens is 208 g/mol. The van der Waals surface area contributed by atoms with Crippen LogP contribution < -0.4 is 10.6 Å². The summed E-state index contributed by atoms with van der Waals surface area (Å²) in [6.07, 6.45) is 2.32. The first-order valence-corrected chi connectivity index (χ1v) is 6.12. The van der Waals surface area contributed by atoms with Crippen molar-refractivity contribution in [2.24, 2.45) is 0 Å². The van der Waals surface area contributed by atoms with Gasteiger partial charge in [0.05, 0.1) is 5.69 Å². The molecule has 0 fully saturated rings. The summed E-state index contributed by atoms with van der Waals surface area (Å²) < 4.78 is 0. The van der Waals surface area contributed by atoms with Crippen molar-refractivity contribution in [3.63, 3.8) is 0 Å². The van der Waals surface area contributed by atoms with E-state index in [4.69, 9.17) is 0 Å². The Balaban J connectivity index is 2.66. The number of carbonyl (C=O) groups excluding carboxylic acids is 1. The van der Waals surface area contributed by atoms with E-state index in [0.717, 1.165) is 23.7 Å². The van der Waals surface area contributed by atoms with Crippen molar-refractivity contribution in [3.8, 4) is 0 Å². The lowest BCUT2D eigenvalue weighted by Crippen LogP contribution is -2.08. The van der Waals surface area contributed by atoms with Gasteiger partial charge in [0, 0.05) is 13.5 Å². The fourth-order valence-electron chi connectivity index (χ4n) is 1.31. The van der Waals surface area contributed by atoms with Crippen molar-refractivity contribution in [1.82, 2.24) is 0 Å². The molecule has 2 N–H and O–H groups in total. The number of aryl methyl sites for hydroxylation is 1. The number of anilines is 2. The molecule has 0 aliphatic heterocycles. The SMILES string of the molecule is CCCCNc1c(C)csc1NC(C)=O. The first-order chi connectivity index (χ1) is 7.15. The Kier molecular flexibility index (Phi) is 4.62. The number of hydrogen-bond acceptors (Lipinski definition) is 3. The van der Waals surface area contributed by atoms with Gasteiger partial charge in [-0.25, -0.2) is 0 Å². The molecule has 84 valence electrons. The Bertz CT molecular complexity index is 333. The van der Waals surface area contributed by atoms with Crippen molar-refractivity contribution in [2.45, 2.75) is 33.6 Å². The van der Waals surface area contributed by atoms with Crippen molar-refractivity contribution < 1.29 is 4.79 Å². The Morgan fingerprint density at radius 1 is 1.53 bits per heavy atom. The normalized spacial score (nSPS) is 10.1. The maximum absolute atomic E-state index is 11.0. The lowest BCUT2D eigenvalue weighted by Gasteiger charge is -2.08. The molecule has 1 heterocycles. The van der Waals surface area contributed by atoms with Gasteiger partial charge in [0.25, 0.3) is 0 Å². The van der Waals surface area contributed by atoms with Crippen LogP contribution in [0.1, 0.15) is 32.3 Å². The van der Waals surface area contributed by atoms with Crippen molar-refractivity contribution in [3.05, 3.63) is 10.9 Å². The second-order valence-electron chi connectivity index (χ2n) is 3.58. The van der Waals surface area contributed by atoms with Crippen LogP contribution in [0.15, 0.2) is 5.38 Å². The zero-order valence-electron chi connectivity index (χ0n) is 9.52. The summed E-state index contributed by atoms with van der Waals surface area (Å²) in [7, 11) is 0. The molecule has 4 heteroatoms. The average molecular weight is 226 g/mol. The van der Waals surface area contributed by atoms with E-state index in [0.29, 0.717) is 0 Å². The molecule has 3 nitrogen and oxygen atoms in total. The first-order valence-electron chi connectivity index (χ1n) is 5.24. The molecule has 0 saturated heterocycles. The first kappa shape index (κ1) is 12.0. The van der Waals surface area contributed by atoms with E-state index in [1.807, 2.05) is 0 Å². The van der Waals surface area contributed by atoms with Crippen molar-refractivity contribution in [1.29, 1.82) is 0 Å². The van der Waals surface area contributed by atoms with Crippen LogP contribution in [0.2, 0.25) is 0 Å². The van der Waals surface area contributed by atoms with E-state index in [-0.39, 0.29) is 5.91 Å². The number of thiophene rings is 1. The van der Waals surface area contributed by atoms with Crippen LogP contribution >= 0.6 is 11.3 Å². The van der Waals surface area contributed by atoms with Crippen molar-refractivity contribution >= 4 is 27.9 Å². The molecule has 0 aromatic carbocycles. The van der Waals surface area contributed by atoms with Crippen LogP contribution in [-0.4, -0.2) is 12.5 Å². The maximum Gasteiger partial charge on any atom is 0.221 e. The van der Waals surface area contributed by atoms with Crippen molar-refractivity contribution in [2.75, 3.05) is 17.2 Å². The molecule has 1 aromatic rings. The van der Waals surface area contributed by atoms with Crippen LogP contribution in [0.25, 0.3) is 0 Å². The van der Waals surface area contributed by atoms with E-state index in [1.54, 1.807) is 11.3 Å². The predicted octanol–water partition coefficient (Wildman–Crippen LogP) is 3.23. The highest BCUT2D eigenvalue weighted by molar-refractivity contribution is 7.15. The zero-order valence-corrected chi connectivity index (χ0v) is 10.3. The predicted molar refractivity (Wildman–Crippen MR) is 66.8 cm³/mol. The van der Waals surface area contributed by atoms with E-state index in [9.17, 15) is 4.79 Å². The number of nitrogens with one attached hydrogen (secondary N) is 2. The number of unbranched alkanes of at least 4 members (excludes halogenated alkanes) is 1. The topological polar surface area (TPSA) is 41.1 Å². The van der Waals surface area contributed by atoms with Gasteiger partial charge >= 0.3 is 0 Å². The number of amides is 1. The third-order valence-corrected chi connectivity index (χ3v) is 3.11. The summed E-state index contributed by atoms with van der Waals surface area (Å²) in [6.45, 7) is 6.71. The molecule has 1 aromatic heterocycles. The molecule has 0 radical (unpaired) electrons. The molecule has 0 aliphatic carbocycles. The summed E-state index contributed by atoms with van der Waals surface area (Å²) >= 11 is 1.57. The lowest BCUT2D eigenvalue weighted by molar-refractivity contribution is -0.114. The summed E-state index contributed by atoms with van der Waals surface area (Å²) in [5.41, 5.74) is 2.27. The quantitative estimate of drug-likeness (QED) is 0.757. The minimum atomic E-state index is -0.0182. The smallest absolute Gasteiger partial charge is 0.221 e. The van der Waals surface area contributed by atoms with Gasteiger partial charge in [-0.1, -0.05) is 13.3 Å². The Morgan fingerprint density at radius 2 is 2.27 bits per heavy atom. The molecule has 0 saturated carbocycles. The van der Waals surface area contributed by atoms with E-state index in [1.165, 1.54) is 18.9 Å². The molecule has 0 aliphatic rings. The third kappa shape index (κ3) is 3.55. The standard InChI is InChI=1S/C11H18N2OS/c1-4-5-6-12-10-8(2)7-15-11(10)13-9(3)14/h7,12H,4-6H2,1-3H3,(H,13,14). The summed E-state index contributed by atoms with van der Waals surface area (Å²) in [6, 6.07) is 0. The Labute approximate surface area is 94.9 Å². The zero-order chi connectivity index (χ0) is 11.3. The highest BCUT2D eigenvalue weighted by Gasteiger charge is 2.08. The average Bonchev–Trinajstić information content (AvgIpc) is 2.49. The van der Waals surface area contributed by atoms with Gasteiger partial charge in [-0.2, -0.15) is 0 Å². The van der Waals surface area contributed by atoms with Crippen LogP contribution in [0.5, 0.6) is 0 Å². The number of carbonyl (C=O) groups is 1. The monoisotopic (exact) mass is 226 g/mol. The van der Waals surface area contributed by atoms with E-state index < -0.39 is 0 Å². The van der Waals surface area contributed by atoms with Gasteiger partial charge in [0.15, 0.2) is 0 Å². The third-order valence-electron chi connectivity index (χ3n) is 2.10. The van der Waals surface area contributed by atoms with Gasteiger partial charge in [0.2, 0.25) is 5.91 Å². The second-order valence-corrected chi connectivity index (χ2v) is 4.46. The number of rotatable bonds is 5. The molecule has 15 heavy (non-hydrogen) atoms. The summed E-state index contributed by atoms with van der Waals surface area (Å²) in [5, 5.41) is 9.18. The van der Waals surface area contributed by atoms with Gasteiger partial charge in [-0.05, 0) is 24.3 Å². The number of hydrogen-bond donors (Lipinski definition) is 2. The Hall–Kier alpha value is -1.03. The van der Waals surface area contributed by atoms with Crippen LogP contribution in [0.3, 0.4) is 0 Å². The van der Waals surface area contributed by atoms with Crippen LogP contribution in [-0.2, 0) is 4.79 Å². The largest absolute Gasteiger partial charge is 0.382 e. The van der Waals surface area contributed by atoms with Gasteiger partial charge in [-0.15, -0.1) is 11.3 Å². The van der Waals surface area contributed by atoms with Crippen LogP contribution in [0, 0.1) is 6.92 Å². The highest BCUT2D eigenvalue weighted by Crippen LogP contribution is 2.32.